The molecule has 5 heteroatoms. The zero-order chi connectivity index (χ0) is 21.2. The van der Waals surface area contributed by atoms with Crippen molar-refractivity contribution in [2.24, 2.45) is 0 Å². The summed E-state index contributed by atoms with van der Waals surface area (Å²) in [4.78, 5) is 2.20. The van der Waals surface area contributed by atoms with Gasteiger partial charge in [0.1, 0.15) is 0 Å². The fraction of sp³-hybridized carbons (Fsp3) is 0.280. The second-order valence-electron chi connectivity index (χ2n) is 7.25. The summed E-state index contributed by atoms with van der Waals surface area (Å²) >= 11 is 0. The molecule has 0 saturated heterocycles. The van der Waals surface area contributed by atoms with Gasteiger partial charge >= 0.3 is 13.9 Å². The van der Waals surface area contributed by atoms with E-state index >= 15 is 0 Å². The normalized spacial score (nSPS) is 13.8. The Morgan fingerprint density at radius 1 is 0.800 bits per heavy atom. The maximum atomic E-state index is 12.6. The molecule has 0 aromatic heterocycles. The number of aliphatic hydroxyl groups excluding tert-OH is 1. The zero-order valence-electron chi connectivity index (χ0n) is 17.3. The van der Waals surface area contributed by atoms with Gasteiger partial charge in [-0.3, -0.25) is 4.90 Å². The van der Waals surface area contributed by atoms with Crippen LogP contribution in [0.25, 0.3) is 0 Å². The molecule has 0 aliphatic rings. The molecule has 0 saturated carbocycles. The van der Waals surface area contributed by atoms with Crippen molar-refractivity contribution in [3.63, 3.8) is 0 Å². The summed E-state index contributed by atoms with van der Waals surface area (Å²) in [7, 11) is -2.20. The third-order valence-electron chi connectivity index (χ3n) is 5.03. The van der Waals surface area contributed by atoms with Gasteiger partial charge in [0.25, 0.3) is 0 Å². The average molecular weight is 422 g/mol. The fourth-order valence-corrected chi connectivity index (χ4v) is 4.53. The first-order chi connectivity index (χ1) is 14.7. The highest BCUT2D eigenvalue weighted by Crippen LogP contribution is 2.34. The van der Waals surface area contributed by atoms with E-state index in [0.717, 1.165) is 16.7 Å². The van der Waals surface area contributed by atoms with Crippen LogP contribution in [0, 0.1) is 0 Å². The summed E-state index contributed by atoms with van der Waals surface area (Å²) in [6.45, 7) is 3.37. The summed E-state index contributed by atoms with van der Waals surface area (Å²) in [5, 5.41) is 11.0. The minimum absolute atomic E-state index is 0.307. The lowest BCUT2D eigenvalue weighted by molar-refractivity contribution is 0.0772. The molecule has 156 valence electrons. The lowest BCUT2D eigenvalue weighted by Gasteiger charge is -2.31. The molecule has 3 atom stereocenters. The van der Waals surface area contributed by atoms with Crippen LogP contribution in [0.4, 0.5) is 0 Å². The van der Waals surface area contributed by atoms with Crippen LogP contribution in [0.1, 0.15) is 23.6 Å². The standard InChI is InChI=1S/C25H29NO3P/c1-2-29-30(28)25(27)24(18-21-12-6-3-7-13-21)26(19-22-14-8-4-9-15-22)20-23-16-10-5-11-17-23/h3-17,24-25,27H,2,18-20H2,1H3/q+1/t24-,25+/m1/s1. The second kappa shape index (κ2) is 11.7. The van der Waals surface area contributed by atoms with Gasteiger partial charge in [0.2, 0.25) is 0 Å². The van der Waals surface area contributed by atoms with Gasteiger partial charge in [-0.1, -0.05) is 91.0 Å². The van der Waals surface area contributed by atoms with Crippen molar-refractivity contribution in [1.29, 1.82) is 0 Å². The Hall–Kier alpha value is -2.36. The van der Waals surface area contributed by atoms with Crippen LogP contribution in [-0.4, -0.2) is 28.5 Å². The van der Waals surface area contributed by atoms with Crippen molar-refractivity contribution in [2.75, 3.05) is 6.61 Å². The number of rotatable bonds is 11. The first-order valence-corrected chi connectivity index (χ1v) is 11.5. The summed E-state index contributed by atoms with van der Waals surface area (Å²) < 4.78 is 17.9. The number of hydrogen-bond donors (Lipinski definition) is 1. The maximum absolute atomic E-state index is 12.6. The Balaban J connectivity index is 1.93. The highest BCUT2D eigenvalue weighted by Gasteiger charge is 2.41. The maximum Gasteiger partial charge on any atom is 0.542 e. The van der Waals surface area contributed by atoms with Crippen LogP contribution in [0.15, 0.2) is 91.0 Å². The first kappa shape index (κ1) is 22.3. The molecule has 0 aliphatic heterocycles. The number of hydrogen-bond acceptors (Lipinski definition) is 4. The Kier molecular flexibility index (Phi) is 8.73. The third kappa shape index (κ3) is 6.58. The van der Waals surface area contributed by atoms with Crippen LogP contribution < -0.4 is 0 Å². The Labute approximate surface area is 180 Å². The summed E-state index contributed by atoms with van der Waals surface area (Å²) in [6.07, 6.45) is 0.579. The van der Waals surface area contributed by atoms with E-state index in [-0.39, 0.29) is 6.04 Å². The van der Waals surface area contributed by atoms with E-state index in [0.29, 0.717) is 26.1 Å². The predicted octanol–water partition coefficient (Wildman–Crippen LogP) is 5.40. The highest BCUT2D eigenvalue weighted by atomic mass is 31.1. The van der Waals surface area contributed by atoms with Gasteiger partial charge in [0.15, 0.2) is 0 Å². The Morgan fingerprint density at radius 3 is 1.67 bits per heavy atom. The number of aliphatic hydroxyl groups is 1. The van der Waals surface area contributed by atoms with Crippen LogP contribution in [0.2, 0.25) is 0 Å². The zero-order valence-corrected chi connectivity index (χ0v) is 18.2. The van der Waals surface area contributed by atoms with E-state index in [9.17, 15) is 9.67 Å². The smallest absolute Gasteiger partial charge is 0.347 e. The summed E-state index contributed by atoms with van der Waals surface area (Å²) in [6, 6.07) is 30.0. The molecule has 0 aliphatic carbocycles. The molecule has 0 amide bonds. The van der Waals surface area contributed by atoms with E-state index in [4.69, 9.17) is 4.52 Å². The van der Waals surface area contributed by atoms with E-state index in [1.54, 1.807) is 6.92 Å². The van der Waals surface area contributed by atoms with Crippen LogP contribution in [-0.2, 0) is 28.6 Å². The molecular formula is C25H29NO3P+. The summed E-state index contributed by atoms with van der Waals surface area (Å²) in [5.41, 5.74) is 3.38. The second-order valence-corrected chi connectivity index (χ2v) is 8.61. The van der Waals surface area contributed by atoms with Gasteiger partial charge in [-0.15, -0.1) is 4.52 Å². The molecule has 0 radical (unpaired) electrons. The topological polar surface area (TPSA) is 49.8 Å². The molecule has 3 rings (SSSR count). The van der Waals surface area contributed by atoms with Crippen molar-refractivity contribution < 1.29 is 14.2 Å². The van der Waals surface area contributed by atoms with Crippen molar-refractivity contribution in [3.05, 3.63) is 108 Å². The molecule has 3 aromatic carbocycles. The molecular weight excluding hydrogens is 393 g/mol. The SMILES string of the molecule is CCO[P+](=O)[C@H](O)[C@@H](Cc1ccccc1)N(Cc1ccccc1)Cc1ccccc1. The molecule has 1 unspecified atom stereocenters. The van der Waals surface area contributed by atoms with Gasteiger partial charge in [0.05, 0.1) is 12.6 Å². The Bertz CT molecular complexity index is 849. The lowest BCUT2D eigenvalue weighted by atomic mass is 10.0. The summed E-state index contributed by atoms with van der Waals surface area (Å²) in [5.74, 6) is -1.09. The lowest BCUT2D eigenvalue weighted by Crippen LogP contribution is -2.43. The van der Waals surface area contributed by atoms with Crippen LogP contribution in [0.5, 0.6) is 0 Å². The van der Waals surface area contributed by atoms with Gasteiger partial charge in [0, 0.05) is 13.1 Å². The van der Waals surface area contributed by atoms with Gasteiger partial charge in [-0.2, -0.15) is 0 Å². The molecule has 4 nitrogen and oxygen atoms in total. The van der Waals surface area contributed by atoms with E-state index in [1.165, 1.54) is 0 Å². The van der Waals surface area contributed by atoms with E-state index in [1.807, 2.05) is 66.7 Å². The molecule has 0 heterocycles. The van der Waals surface area contributed by atoms with Gasteiger partial charge < -0.3 is 5.11 Å². The quantitative estimate of drug-likeness (QED) is 0.421. The predicted molar refractivity (Wildman–Crippen MR) is 121 cm³/mol. The van der Waals surface area contributed by atoms with Crippen molar-refractivity contribution in [2.45, 2.75) is 38.3 Å². The highest BCUT2D eigenvalue weighted by molar-refractivity contribution is 7.39. The minimum atomic E-state index is -2.20. The molecule has 30 heavy (non-hydrogen) atoms. The Morgan fingerprint density at radius 2 is 1.23 bits per heavy atom. The van der Waals surface area contributed by atoms with E-state index < -0.39 is 13.9 Å². The molecule has 0 spiro atoms. The van der Waals surface area contributed by atoms with Gasteiger partial charge in [-0.05, 0) is 34.6 Å². The number of nitrogens with zero attached hydrogens (tertiary/aromatic N) is 1. The van der Waals surface area contributed by atoms with Crippen molar-refractivity contribution in [3.8, 4) is 0 Å². The fourth-order valence-electron chi connectivity index (χ4n) is 3.55. The molecule has 1 N–H and O–H groups in total. The average Bonchev–Trinajstić information content (AvgIpc) is 2.79. The van der Waals surface area contributed by atoms with Crippen molar-refractivity contribution in [1.82, 2.24) is 4.90 Å². The van der Waals surface area contributed by atoms with Gasteiger partial charge in [-0.25, -0.2) is 0 Å². The number of benzene rings is 3. The van der Waals surface area contributed by atoms with E-state index in [2.05, 4.69) is 29.2 Å². The monoisotopic (exact) mass is 422 g/mol. The largest absolute Gasteiger partial charge is 0.542 e. The first-order valence-electron chi connectivity index (χ1n) is 10.3. The molecule has 3 aromatic rings. The molecule has 0 bridgehead atoms. The minimum Gasteiger partial charge on any atom is -0.347 e. The van der Waals surface area contributed by atoms with Crippen molar-refractivity contribution >= 4 is 8.03 Å². The molecule has 0 fully saturated rings. The van der Waals surface area contributed by atoms with Crippen LogP contribution in [0.3, 0.4) is 0 Å². The van der Waals surface area contributed by atoms with Crippen LogP contribution >= 0.6 is 8.03 Å². The third-order valence-corrected chi connectivity index (χ3v) is 6.32.